The maximum atomic E-state index is 9.15. The van der Waals surface area contributed by atoms with Gasteiger partial charge in [0.05, 0.1) is 0 Å². The minimum atomic E-state index is 0.261. The van der Waals surface area contributed by atoms with Crippen molar-refractivity contribution in [2.45, 2.75) is 13.5 Å². The molecule has 0 saturated carbocycles. The number of ether oxygens (including phenoxy) is 1. The number of nitrogen functional groups attached to an aromatic ring is 1. The molecule has 2 aromatic rings. The van der Waals surface area contributed by atoms with Crippen molar-refractivity contribution in [3.05, 3.63) is 53.6 Å². The number of rotatable bonds is 3. The van der Waals surface area contributed by atoms with E-state index < -0.39 is 0 Å². The Bertz CT molecular complexity index is 506. The first-order valence-electron chi connectivity index (χ1n) is 5.42. The summed E-state index contributed by atoms with van der Waals surface area (Å²) in [5.74, 6) is 1.06. The minimum absolute atomic E-state index is 0.261. The van der Waals surface area contributed by atoms with Crippen LogP contribution in [-0.4, -0.2) is 5.11 Å². The summed E-state index contributed by atoms with van der Waals surface area (Å²) in [6, 6.07) is 12.6. The smallest absolute Gasteiger partial charge is 0.120 e. The third-order valence-electron chi connectivity index (χ3n) is 2.58. The molecular formula is C14H15NO2. The number of hydrogen-bond acceptors (Lipinski definition) is 3. The number of hydrogen-bond donors (Lipinski definition) is 2. The molecule has 2 aromatic carbocycles. The van der Waals surface area contributed by atoms with E-state index in [9.17, 15) is 0 Å². The Morgan fingerprint density at radius 2 is 1.82 bits per heavy atom. The van der Waals surface area contributed by atoms with E-state index in [0.29, 0.717) is 6.61 Å². The van der Waals surface area contributed by atoms with Crippen LogP contribution in [0.2, 0.25) is 0 Å². The maximum absolute atomic E-state index is 9.15. The van der Waals surface area contributed by atoms with Gasteiger partial charge in [-0.15, -0.1) is 0 Å². The topological polar surface area (TPSA) is 55.5 Å². The monoisotopic (exact) mass is 229 g/mol. The standard InChI is InChI=1S/C14H15NO2/c1-10-8-13(6-7-14(10)15)17-9-11-2-4-12(16)5-3-11/h2-8,16H,9,15H2,1H3. The van der Waals surface area contributed by atoms with Crippen LogP contribution in [0.4, 0.5) is 5.69 Å². The van der Waals surface area contributed by atoms with Crippen LogP contribution in [0.25, 0.3) is 0 Å². The number of phenols is 1. The molecule has 3 heteroatoms. The molecular weight excluding hydrogens is 214 g/mol. The van der Waals surface area contributed by atoms with Crippen molar-refractivity contribution < 1.29 is 9.84 Å². The zero-order valence-electron chi connectivity index (χ0n) is 9.68. The van der Waals surface area contributed by atoms with Crippen LogP contribution in [0.5, 0.6) is 11.5 Å². The van der Waals surface area contributed by atoms with Gasteiger partial charge >= 0.3 is 0 Å². The maximum Gasteiger partial charge on any atom is 0.120 e. The van der Waals surface area contributed by atoms with Crippen molar-refractivity contribution in [2.75, 3.05) is 5.73 Å². The quantitative estimate of drug-likeness (QED) is 0.796. The van der Waals surface area contributed by atoms with Gasteiger partial charge in [0, 0.05) is 5.69 Å². The fourth-order valence-corrected chi connectivity index (χ4v) is 1.50. The number of phenolic OH excluding ortho intramolecular Hbond substituents is 1. The number of aromatic hydroxyl groups is 1. The second-order valence-corrected chi connectivity index (χ2v) is 3.97. The highest BCUT2D eigenvalue weighted by molar-refractivity contribution is 5.49. The Morgan fingerprint density at radius 3 is 2.47 bits per heavy atom. The van der Waals surface area contributed by atoms with E-state index in [2.05, 4.69) is 0 Å². The van der Waals surface area contributed by atoms with Gasteiger partial charge in [-0.1, -0.05) is 12.1 Å². The molecule has 17 heavy (non-hydrogen) atoms. The molecule has 0 amide bonds. The van der Waals surface area contributed by atoms with Crippen molar-refractivity contribution in [3.63, 3.8) is 0 Å². The molecule has 3 nitrogen and oxygen atoms in total. The fraction of sp³-hybridized carbons (Fsp3) is 0.143. The molecule has 0 atom stereocenters. The molecule has 0 spiro atoms. The van der Waals surface area contributed by atoms with Gasteiger partial charge in [0.15, 0.2) is 0 Å². The molecule has 0 bridgehead atoms. The van der Waals surface area contributed by atoms with Gasteiger partial charge in [0.25, 0.3) is 0 Å². The molecule has 0 aliphatic heterocycles. The molecule has 3 N–H and O–H groups in total. The number of benzene rings is 2. The van der Waals surface area contributed by atoms with Crippen molar-refractivity contribution >= 4 is 5.69 Å². The van der Waals surface area contributed by atoms with E-state index in [1.165, 1.54) is 0 Å². The summed E-state index contributed by atoms with van der Waals surface area (Å²) >= 11 is 0. The van der Waals surface area contributed by atoms with Crippen molar-refractivity contribution in [2.24, 2.45) is 0 Å². The first-order valence-corrected chi connectivity index (χ1v) is 5.42. The summed E-state index contributed by atoms with van der Waals surface area (Å²) in [7, 11) is 0. The Labute approximate surface area is 100 Å². The minimum Gasteiger partial charge on any atom is -0.508 e. The number of nitrogens with two attached hydrogens (primary N) is 1. The van der Waals surface area contributed by atoms with Gasteiger partial charge in [-0.25, -0.2) is 0 Å². The van der Waals surface area contributed by atoms with Crippen LogP contribution < -0.4 is 10.5 Å². The number of anilines is 1. The molecule has 0 aliphatic rings. The summed E-state index contributed by atoms with van der Waals surface area (Å²) in [5, 5.41) is 9.15. The fourth-order valence-electron chi connectivity index (χ4n) is 1.50. The highest BCUT2D eigenvalue weighted by Gasteiger charge is 1.99. The SMILES string of the molecule is Cc1cc(OCc2ccc(O)cc2)ccc1N. The second kappa shape index (κ2) is 4.78. The summed E-state index contributed by atoms with van der Waals surface area (Å²) < 4.78 is 5.63. The van der Waals surface area contributed by atoms with E-state index in [4.69, 9.17) is 15.6 Å². The van der Waals surface area contributed by atoms with Crippen LogP contribution in [0, 0.1) is 6.92 Å². The predicted octanol–water partition coefficient (Wildman–Crippen LogP) is 2.86. The third-order valence-corrected chi connectivity index (χ3v) is 2.58. The van der Waals surface area contributed by atoms with E-state index in [1.807, 2.05) is 37.3 Å². The molecule has 0 unspecified atom stereocenters. The lowest BCUT2D eigenvalue weighted by Gasteiger charge is -2.08. The summed E-state index contributed by atoms with van der Waals surface area (Å²) in [6.07, 6.45) is 0. The zero-order valence-corrected chi connectivity index (χ0v) is 9.68. The van der Waals surface area contributed by atoms with Gasteiger partial charge in [-0.2, -0.15) is 0 Å². The average molecular weight is 229 g/mol. The Morgan fingerprint density at radius 1 is 1.12 bits per heavy atom. The van der Waals surface area contributed by atoms with Gasteiger partial charge in [0.1, 0.15) is 18.1 Å². The van der Waals surface area contributed by atoms with Crippen molar-refractivity contribution in [1.82, 2.24) is 0 Å². The first kappa shape index (κ1) is 11.3. The molecule has 0 aliphatic carbocycles. The van der Waals surface area contributed by atoms with Gasteiger partial charge < -0.3 is 15.6 Å². The molecule has 2 rings (SSSR count). The third kappa shape index (κ3) is 2.91. The Hall–Kier alpha value is -2.16. The van der Waals surface area contributed by atoms with E-state index >= 15 is 0 Å². The summed E-state index contributed by atoms with van der Waals surface area (Å²) in [5.41, 5.74) is 8.51. The molecule has 88 valence electrons. The van der Waals surface area contributed by atoms with Crippen LogP contribution in [0.1, 0.15) is 11.1 Å². The van der Waals surface area contributed by atoms with Gasteiger partial charge in [0.2, 0.25) is 0 Å². The van der Waals surface area contributed by atoms with Crippen LogP contribution >= 0.6 is 0 Å². The molecule has 0 saturated heterocycles. The Kier molecular flexibility index (Phi) is 3.19. The zero-order chi connectivity index (χ0) is 12.3. The molecule has 0 radical (unpaired) electrons. The van der Waals surface area contributed by atoms with Gasteiger partial charge in [-0.3, -0.25) is 0 Å². The summed E-state index contributed by atoms with van der Waals surface area (Å²) in [6.45, 7) is 2.42. The summed E-state index contributed by atoms with van der Waals surface area (Å²) in [4.78, 5) is 0. The predicted molar refractivity (Wildman–Crippen MR) is 68.0 cm³/mol. The lowest BCUT2D eigenvalue weighted by atomic mass is 10.2. The van der Waals surface area contributed by atoms with Crippen molar-refractivity contribution in [1.29, 1.82) is 0 Å². The highest BCUT2D eigenvalue weighted by atomic mass is 16.5. The van der Waals surface area contributed by atoms with E-state index in [1.54, 1.807) is 12.1 Å². The average Bonchev–Trinajstić information content (AvgIpc) is 2.33. The highest BCUT2D eigenvalue weighted by Crippen LogP contribution is 2.20. The largest absolute Gasteiger partial charge is 0.508 e. The van der Waals surface area contributed by atoms with E-state index in [0.717, 1.165) is 22.6 Å². The molecule has 0 heterocycles. The van der Waals surface area contributed by atoms with E-state index in [-0.39, 0.29) is 5.75 Å². The molecule has 0 fully saturated rings. The normalized spacial score (nSPS) is 10.2. The first-order chi connectivity index (χ1) is 8.15. The van der Waals surface area contributed by atoms with Crippen LogP contribution in [0.3, 0.4) is 0 Å². The lowest BCUT2D eigenvalue weighted by Crippen LogP contribution is -1.96. The Balaban J connectivity index is 2.02. The second-order valence-electron chi connectivity index (χ2n) is 3.97. The molecule has 0 aromatic heterocycles. The van der Waals surface area contributed by atoms with Crippen LogP contribution in [0.15, 0.2) is 42.5 Å². The lowest BCUT2D eigenvalue weighted by molar-refractivity contribution is 0.306. The number of aryl methyl sites for hydroxylation is 1. The van der Waals surface area contributed by atoms with Crippen molar-refractivity contribution in [3.8, 4) is 11.5 Å². The van der Waals surface area contributed by atoms with Gasteiger partial charge in [-0.05, 0) is 48.4 Å². The van der Waals surface area contributed by atoms with Crippen LogP contribution in [-0.2, 0) is 6.61 Å².